The second-order valence-electron chi connectivity index (χ2n) is 6.57. The van der Waals surface area contributed by atoms with Crippen molar-refractivity contribution < 1.29 is 4.79 Å². The average Bonchev–Trinajstić information content (AvgIpc) is 2.59. The van der Waals surface area contributed by atoms with Gasteiger partial charge in [-0.15, -0.1) is 0 Å². The fraction of sp³-hybridized carbons (Fsp3) is 0.400. The van der Waals surface area contributed by atoms with E-state index in [0.29, 0.717) is 0 Å². The fourth-order valence-electron chi connectivity index (χ4n) is 3.27. The topological polar surface area (TPSA) is 36.4 Å². The molecule has 1 fully saturated rings. The molecule has 0 spiro atoms. The zero-order valence-electron chi connectivity index (χ0n) is 15.0. The predicted molar refractivity (Wildman–Crippen MR) is 97.7 cm³/mol. The van der Waals surface area contributed by atoms with Gasteiger partial charge in [-0.2, -0.15) is 0 Å². The lowest BCUT2D eigenvalue weighted by atomic mass is 10.1. The summed E-state index contributed by atoms with van der Waals surface area (Å²) >= 11 is 0. The first-order valence-corrected chi connectivity index (χ1v) is 8.51. The first kappa shape index (κ1) is 16.5. The van der Waals surface area contributed by atoms with E-state index >= 15 is 0 Å². The lowest BCUT2D eigenvalue weighted by molar-refractivity contribution is 0.0746. The second kappa shape index (κ2) is 6.63. The molecule has 3 rings (SSSR count). The second-order valence-corrected chi connectivity index (χ2v) is 6.57. The van der Waals surface area contributed by atoms with E-state index in [9.17, 15) is 4.79 Å². The smallest absolute Gasteiger partial charge is 0.254 e. The van der Waals surface area contributed by atoms with Crippen LogP contribution in [0.3, 0.4) is 0 Å². The number of amides is 1. The number of aromatic nitrogens is 1. The first-order chi connectivity index (χ1) is 11.5. The molecule has 0 bridgehead atoms. The number of carbonyl (C=O) groups excluding carboxylic acids is 1. The molecular weight excluding hydrogens is 298 g/mol. The van der Waals surface area contributed by atoms with Crippen LogP contribution in [0.4, 0.5) is 5.69 Å². The van der Waals surface area contributed by atoms with Crippen molar-refractivity contribution >= 4 is 11.6 Å². The highest BCUT2D eigenvalue weighted by atomic mass is 16.2. The van der Waals surface area contributed by atoms with Gasteiger partial charge in [0.05, 0.1) is 0 Å². The van der Waals surface area contributed by atoms with Crippen LogP contribution < -0.4 is 4.90 Å². The summed E-state index contributed by atoms with van der Waals surface area (Å²) < 4.78 is 0. The van der Waals surface area contributed by atoms with Gasteiger partial charge in [0.25, 0.3) is 5.91 Å². The summed E-state index contributed by atoms with van der Waals surface area (Å²) in [4.78, 5) is 21.4. The number of hydrogen-bond acceptors (Lipinski definition) is 3. The molecule has 2 aromatic rings. The number of aryl methyl sites for hydroxylation is 2. The summed E-state index contributed by atoms with van der Waals surface area (Å²) in [5, 5.41) is 0. The van der Waals surface area contributed by atoms with E-state index in [4.69, 9.17) is 0 Å². The lowest BCUT2D eigenvalue weighted by Crippen LogP contribution is -2.49. The SMILES string of the molecule is Cc1cccc(N2CCN(C(=O)c3ccnc(C)c3C)CC2)c1C. The van der Waals surface area contributed by atoms with Crippen molar-refractivity contribution in [2.45, 2.75) is 27.7 Å². The number of benzene rings is 1. The Hall–Kier alpha value is -2.36. The molecule has 0 radical (unpaired) electrons. The van der Waals surface area contributed by atoms with Gasteiger partial charge >= 0.3 is 0 Å². The Kier molecular flexibility index (Phi) is 4.56. The summed E-state index contributed by atoms with van der Waals surface area (Å²) in [7, 11) is 0. The van der Waals surface area contributed by atoms with Crippen LogP contribution in [0.5, 0.6) is 0 Å². The summed E-state index contributed by atoms with van der Waals surface area (Å²) in [5.41, 5.74) is 6.63. The Balaban J connectivity index is 1.72. The molecule has 1 aliphatic rings. The van der Waals surface area contributed by atoms with Crippen LogP contribution in [0.2, 0.25) is 0 Å². The Morgan fingerprint density at radius 1 is 0.958 bits per heavy atom. The normalized spacial score (nSPS) is 14.8. The fourth-order valence-corrected chi connectivity index (χ4v) is 3.27. The number of piperazine rings is 1. The number of nitrogens with zero attached hydrogens (tertiary/aromatic N) is 3. The van der Waals surface area contributed by atoms with Gasteiger partial charge in [0.1, 0.15) is 0 Å². The van der Waals surface area contributed by atoms with Gasteiger partial charge < -0.3 is 9.80 Å². The van der Waals surface area contributed by atoms with Gasteiger partial charge in [-0.25, -0.2) is 0 Å². The van der Waals surface area contributed by atoms with Crippen LogP contribution in [0.1, 0.15) is 32.7 Å². The maximum atomic E-state index is 12.8. The van der Waals surface area contributed by atoms with Crippen molar-refractivity contribution in [1.29, 1.82) is 0 Å². The van der Waals surface area contributed by atoms with E-state index in [1.165, 1.54) is 16.8 Å². The Morgan fingerprint density at radius 3 is 2.38 bits per heavy atom. The Morgan fingerprint density at radius 2 is 1.67 bits per heavy atom. The molecule has 0 N–H and O–H groups in total. The molecule has 1 aromatic carbocycles. The predicted octanol–water partition coefficient (Wildman–Crippen LogP) is 3.28. The maximum Gasteiger partial charge on any atom is 0.254 e. The monoisotopic (exact) mass is 323 g/mol. The Labute approximate surface area is 144 Å². The summed E-state index contributed by atoms with van der Waals surface area (Å²) in [5.74, 6) is 0.124. The third-order valence-corrected chi connectivity index (χ3v) is 5.17. The van der Waals surface area contributed by atoms with Gasteiger partial charge in [-0.1, -0.05) is 12.1 Å². The van der Waals surface area contributed by atoms with Crippen molar-refractivity contribution in [2.24, 2.45) is 0 Å². The number of rotatable bonds is 2. The van der Waals surface area contributed by atoms with Crippen LogP contribution in [0, 0.1) is 27.7 Å². The number of anilines is 1. The maximum absolute atomic E-state index is 12.8. The van der Waals surface area contributed by atoms with E-state index in [1.54, 1.807) is 6.20 Å². The molecular formula is C20H25N3O. The van der Waals surface area contributed by atoms with Crippen LogP contribution >= 0.6 is 0 Å². The largest absolute Gasteiger partial charge is 0.368 e. The highest BCUT2D eigenvalue weighted by molar-refractivity contribution is 5.95. The molecule has 4 nitrogen and oxygen atoms in total. The summed E-state index contributed by atoms with van der Waals surface area (Å²) in [6.07, 6.45) is 1.72. The van der Waals surface area contributed by atoms with Crippen molar-refractivity contribution in [3.05, 3.63) is 58.4 Å². The van der Waals surface area contributed by atoms with Crippen LogP contribution in [0.15, 0.2) is 30.5 Å². The molecule has 1 aliphatic heterocycles. The number of carbonyl (C=O) groups is 1. The first-order valence-electron chi connectivity index (χ1n) is 8.51. The highest BCUT2D eigenvalue weighted by Crippen LogP contribution is 2.24. The molecule has 0 aliphatic carbocycles. The summed E-state index contributed by atoms with van der Waals surface area (Å²) in [6.45, 7) is 11.5. The van der Waals surface area contributed by atoms with E-state index in [0.717, 1.165) is 43.0 Å². The molecule has 1 amide bonds. The number of pyridine rings is 1. The molecule has 0 saturated carbocycles. The van der Waals surface area contributed by atoms with Crippen LogP contribution in [0.25, 0.3) is 0 Å². The molecule has 4 heteroatoms. The van der Waals surface area contributed by atoms with Crippen molar-refractivity contribution in [3.8, 4) is 0 Å². The number of hydrogen-bond donors (Lipinski definition) is 0. The van der Waals surface area contributed by atoms with E-state index in [1.807, 2.05) is 24.8 Å². The lowest BCUT2D eigenvalue weighted by Gasteiger charge is -2.37. The minimum absolute atomic E-state index is 0.124. The quantitative estimate of drug-likeness (QED) is 0.851. The van der Waals surface area contributed by atoms with E-state index < -0.39 is 0 Å². The minimum Gasteiger partial charge on any atom is -0.368 e. The van der Waals surface area contributed by atoms with Crippen LogP contribution in [-0.4, -0.2) is 42.0 Å². The zero-order valence-corrected chi connectivity index (χ0v) is 15.0. The van der Waals surface area contributed by atoms with Gasteiger partial charge in [-0.3, -0.25) is 9.78 Å². The van der Waals surface area contributed by atoms with Gasteiger partial charge in [0.2, 0.25) is 0 Å². The van der Waals surface area contributed by atoms with Crippen molar-refractivity contribution in [3.63, 3.8) is 0 Å². The summed E-state index contributed by atoms with van der Waals surface area (Å²) in [6, 6.07) is 8.27. The highest BCUT2D eigenvalue weighted by Gasteiger charge is 2.24. The molecule has 0 unspecified atom stereocenters. The third-order valence-electron chi connectivity index (χ3n) is 5.17. The third kappa shape index (κ3) is 3.01. The van der Waals surface area contributed by atoms with Gasteiger partial charge in [0.15, 0.2) is 0 Å². The molecule has 1 saturated heterocycles. The zero-order chi connectivity index (χ0) is 17.3. The Bertz CT molecular complexity index is 761. The van der Waals surface area contributed by atoms with E-state index in [-0.39, 0.29) is 5.91 Å². The van der Waals surface area contributed by atoms with Crippen LogP contribution in [-0.2, 0) is 0 Å². The average molecular weight is 323 g/mol. The van der Waals surface area contributed by atoms with Gasteiger partial charge in [-0.05, 0) is 56.5 Å². The minimum atomic E-state index is 0.124. The van der Waals surface area contributed by atoms with E-state index in [2.05, 4.69) is 41.9 Å². The van der Waals surface area contributed by atoms with Crippen molar-refractivity contribution in [1.82, 2.24) is 9.88 Å². The molecule has 24 heavy (non-hydrogen) atoms. The van der Waals surface area contributed by atoms with Crippen molar-refractivity contribution in [2.75, 3.05) is 31.1 Å². The van der Waals surface area contributed by atoms with Gasteiger partial charge in [0, 0.05) is 49.3 Å². The standard InChI is InChI=1S/C20H25N3O/c1-14-6-5-7-19(15(14)2)22-10-12-23(13-11-22)20(24)18-8-9-21-17(4)16(18)3/h5-9H,10-13H2,1-4H3. The molecule has 0 atom stereocenters. The molecule has 1 aromatic heterocycles. The molecule has 126 valence electrons. The molecule has 2 heterocycles.